The third-order valence-corrected chi connectivity index (χ3v) is 3.32. The number of carbonyl (C=O) groups is 2. The maximum atomic E-state index is 13.0. The van der Waals surface area contributed by atoms with Crippen molar-refractivity contribution in [2.75, 3.05) is 32.1 Å². The van der Waals surface area contributed by atoms with Crippen molar-refractivity contribution in [3.63, 3.8) is 0 Å². The first-order valence-corrected chi connectivity index (χ1v) is 7.31. The Morgan fingerprint density at radius 3 is 2.68 bits per heavy atom. The quantitative estimate of drug-likeness (QED) is 0.746. The monoisotopic (exact) mass is 330 g/mol. The molecule has 0 atom stereocenters. The normalized spacial score (nSPS) is 10.4. The molecule has 1 aromatic carbocycles. The van der Waals surface area contributed by atoms with Gasteiger partial charge in [-0.15, -0.1) is 0 Å². The van der Waals surface area contributed by atoms with Crippen LogP contribution in [0.3, 0.4) is 0 Å². The number of amides is 2. The number of halogens is 2. The predicted octanol–water partition coefficient (Wildman–Crippen LogP) is 2.69. The first kappa shape index (κ1) is 18.4. The average Bonchev–Trinajstić information content (AvgIpc) is 2.46. The summed E-state index contributed by atoms with van der Waals surface area (Å²) < 4.78 is 18.0. The minimum Gasteiger partial charge on any atom is -0.385 e. The molecule has 0 unspecified atom stereocenters. The highest BCUT2D eigenvalue weighted by molar-refractivity contribution is 6.31. The van der Waals surface area contributed by atoms with E-state index in [1.54, 1.807) is 12.0 Å². The molecule has 5 nitrogen and oxygen atoms in total. The van der Waals surface area contributed by atoms with Crippen molar-refractivity contribution in [2.24, 2.45) is 0 Å². The van der Waals surface area contributed by atoms with Gasteiger partial charge in [0.2, 0.25) is 11.8 Å². The third kappa shape index (κ3) is 6.41. The summed E-state index contributed by atoms with van der Waals surface area (Å²) in [5.74, 6) is -0.894. The molecule has 0 radical (unpaired) electrons. The first-order valence-electron chi connectivity index (χ1n) is 6.93. The fraction of sp³-hybridized carbons (Fsp3) is 0.467. The highest BCUT2D eigenvalue weighted by Crippen LogP contribution is 2.19. The zero-order chi connectivity index (χ0) is 16.5. The van der Waals surface area contributed by atoms with E-state index in [0.29, 0.717) is 31.8 Å². The lowest BCUT2D eigenvalue weighted by atomic mass is 10.2. The Morgan fingerprint density at radius 2 is 2.09 bits per heavy atom. The van der Waals surface area contributed by atoms with Crippen LogP contribution in [-0.2, 0) is 14.3 Å². The number of benzene rings is 1. The summed E-state index contributed by atoms with van der Waals surface area (Å²) >= 11 is 5.65. The van der Waals surface area contributed by atoms with E-state index in [9.17, 15) is 14.0 Å². The smallest absolute Gasteiger partial charge is 0.226 e. The van der Waals surface area contributed by atoms with Crippen molar-refractivity contribution in [1.29, 1.82) is 0 Å². The second kappa shape index (κ2) is 9.38. The van der Waals surface area contributed by atoms with Crippen molar-refractivity contribution in [2.45, 2.75) is 19.8 Å². The second-order valence-corrected chi connectivity index (χ2v) is 5.19. The van der Waals surface area contributed by atoms with E-state index in [-0.39, 0.29) is 23.3 Å². The third-order valence-electron chi connectivity index (χ3n) is 3.03. The van der Waals surface area contributed by atoms with Crippen LogP contribution in [0.2, 0.25) is 5.02 Å². The van der Waals surface area contributed by atoms with Crippen LogP contribution in [0.5, 0.6) is 0 Å². The van der Waals surface area contributed by atoms with Gasteiger partial charge < -0.3 is 15.0 Å². The number of hydrogen-bond acceptors (Lipinski definition) is 3. The van der Waals surface area contributed by atoms with E-state index in [2.05, 4.69) is 5.32 Å². The Hall–Kier alpha value is -1.66. The highest BCUT2D eigenvalue weighted by Gasteiger charge is 2.11. The number of hydrogen-bond donors (Lipinski definition) is 1. The van der Waals surface area contributed by atoms with E-state index in [0.717, 1.165) is 0 Å². The van der Waals surface area contributed by atoms with Gasteiger partial charge in [-0.05, 0) is 24.6 Å². The fourth-order valence-electron chi connectivity index (χ4n) is 1.86. The molecule has 0 bridgehead atoms. The molecule has 1 aromatic rings. The van der Waals surface area contributed by atoms with E-state index in [1.165, 1.54) is 25.1 Å². The fourth-order valence-corrected chi connectivity index (χ4v) is 2.04. The Kier molecular flexibility index (Phi) is 7.84. The summed E-state index contributed by atoms with van der Waals surface area (Å²) in [5.41, 5.74) is 0.421. The van der Waals surface area contributed by atoms with Crippen LogP contribution in [-0.4, -0.2) is 43.5 Å². The Bertz CT molecular complexity index is 526. The number of anilines is 1. The highest BCUT2D eigenvalue weighted by atomic mass is 35.5. The van der Waals surface area contributed by atoms with Crippen molar-refractivity contribution in [3.8, 4) is 0 Å². The van der Waals surface area contributed by atoms with Crippen LogP contribution in [0.25, 0.3) is 0 Å². The number of methoxy groups -OCH3 is 1. The van der Waals surface area contributed by atoms with Crippen LogP contribution in [0.1, 0.15) is 19.8 Å². The second-order valence-electron chi connectivity index (χ2n) is 4.78. The van der Waals surface area contributed by atoms with E-state index in [1.807, 2.05) is 0 Å². The molecule has 2 amide bonds. The first-order chi connectivity index (χ1) is 10.4. The van der Waals surface area contributed by atoms with Crippen molar-refractivity contribution in [3.05, 3.63) is 29.0 Å². The van der Waals surface area contributed by atoms with Gasteiger partial charge >= 0.3 is 0 Å². The van der Waals surface area contributed by atoms with Gasteiger partial charge in [-0.25, -0.2) is 4.39 Å². The van der Waals surface area contributed by atoms with Crippen LogP contribution >= 0.6 is 11.6 Å². The molecule has 22 heavy (non-hydrogen) atoms. The SMILES string of the molecule is COCCCN(CCC(=O)Nc1ccc(F)c(Cl)c1)C(C)=O. The van der Waals surface area contributed by atoms with Gasteiger partial charge in [-0.3, -0.25) is 9.59 Å². The molecule has 7 heteroatoms. The maximum absolute atomic E-state index is 13.0. The molecule has 0 saturated carbocycles. The lowest BCUT2D eigenvalue weighted by molar-refractivity contribution is -0.129. The molecule has 0 aliphatic carbocycles. The van der Waals surface area contributed by atoms with Gasteiger partial charge in [-0.2, -0.15) is 0 Å². The molecule has 0 aliphatic rings. The summed E-state index contributed by atoms with van der Waals surface area (Å²) in [4.78, 5) is 24.9. The zero-order valence-corrected chi connectivity index (χ0v) is 13.5. The Labute approximate surface area is 134 Å². The summed E-state index contributed by atoms with van der Waals surface area (Å²) in [6, 6.07) is 3.96. The van der Waals surface area contributed by atoms with Gasteiger partial charge in [-0.1, -0.05) is 11.6 Å². The van der Waals surface area contributed by atoms with Gasteiger partial charge in [0.05, 0.1) is 5.02 Å². The van der Waals surface area contributed by atoms with E-state index < -0.39 is 5.82 Å². The van der Waals surface area contributed by atoms with Crippen LogP contribution in [0.4, 0.5) is 10.1 Å². The number of carbonyl (C=O) groups excluding carboxylic acids is 2. The molecule has 122 valence electrons. The number of rotatable bonds is 8. The van der Waals surface area contributed by atoms with E-state index >= 15 is 0 Å². The van der Waals surface area contributed by atoms with Crippen molar-refractivity contribution < 1.29 is 18.7 Å². The molecule has 1 rings (SSSR count). The van der Waals surface area contributed by atoms with E-state index in [4.69, 9.17) is 16.3 Å². The predicted molar refractivity (Wildman–Crippen MR) is 83.4 cm³/mol. The topological polar surface area (TPSA) is 58.6 Å². The molecule has 0 heterocycles. The molecule has 0 spiro atoms. The largest absolute Gasteiger partial charge is 0.385 e. The maximum Gasteiger partial charge on any atom is 0.226 e. The molecular formula is C15H20ClFN2O3. The summed E-state index contributed by atoms with van der Waals surface area (Å²) in [5, 5.41) is 2.57. The van der Waals surface area contributed by atoms with Gasteiger partial charge in [0.1, 0.15) is 5.82 Å². The Morgan fingerprint density at radius 1 is 1.36 bits per heavy atom. The summed E-state index contributed by atoms with van der Waals surface area (Å²) in [6.45, 7) is 2.88. The van der Waals surface area contributed by atoms with Crippen LogP contribution < -0.4 is 5.32 Å². The molecular weight excluding hydrogens is 311 g/mol. The van der Waals surface area contributed by atoms with Crippen LogP contribution in [0, 0.1) is 5.82 Å². The Balaban J connectivity index is 2.45. The molecule has 0 aliphatic heterocycles. The lowest BCUT2D eigenvalue weighted by Gasteiger charge is -2.20. The lowest BCUT2D eigenvalue weighted by Crippen LogP contribution is -2.33. The molecule has 0 saturated heterocycles. The standard InChI is InChI=1S/C15H20ClFN2O3/c1-11(20)19(7-3-9-22-2)8-6-15(21)18-12-4-5-14(17)13(16)10-12/h4-5,10H,3,6-9H2,1-2H3,(H,18,21). The number of nitrogens with one attached hydrogen (secondary N) is 1. The minimum absolute atomic E-state index is 0.0530. The molecule has 0 fully saturated rings. The minimum atomic E-state index is -0.541. The van der Waals surface area contributed by atoms with Crippen molar-refractivity contribution in [1.82, 2.24) is 4.90 Å². The van der Waals surface area contributed by atoms with Crippen molar-refractivity contribution >= 4 is 29.1 Å². The molecule has 0 aromatic heterocycles. The average molecular weight is 331 g/mol. The summed E-state index contributed by atoms with van der Waals surface area (Å²) in [6.07, 6.45) is 0.868. The van der Waals surface area contributed by atoms with Gasteiger partial charge in [0.15, 0.2) is 0 Å². The zero-order valence-electron chi connectivity index (χ0n) is 12.7. The molecule has 1 N–H and O–H groups in total. The number of nitrogens with zero attached hydrogens (tertiary/aromatic N) is 1. The van der Waals surface area contributed by atoms with Gasteiger partial charge in [0, 0.05) is 45.8 Å². The van der Waals surface area contributed by atoms with Gasteiger partial charge in [0.25, 0.3) is 0 Å². The number of ether oxygens (including phenoxy) is 1. The summed E-state index contributed by atoms with van der Waals surface area (Å²) in [7, 11) is 1.60. The van der Waals surface area contributed by atoms with Crippen LogP contribution in [0.15, 0.2) is 18.2 Å².